The van der Waals surface area contributed by atoms with Crippen LogP contribution in [0.5, 0.6) is 17.2 Å². The minimum absolute atomic E-state index is 0.0483. The standard InChI is InChI=1S/C20H20O9/c21-12-5-3-10(4-6-12)1-2-11-7-13(22)9-14(8-11)28-20-17(25)15(23)16(24)18(29-20)19(26)27/h1-9,15-18,20-25H,(H,26,27)/b2-1+/t15-,16-,17+,18-,20+/m0/s1. The van der Waals surface area contributed by atoms with Crippen LogP contribution in [0.15, 0.2) is 42.5 Å². The summed E-state index contributed by atoms with van der Waals surface area (Å²) in [4.78, 5) is 11.2. The van der Waals surface area contributed by atoms with Gasteiger partial charge in [-0.3, -0.25) is 0 Å². The summed E-state index contributed by atoms with van der Waals surface area (Å²) in [5, 5.41) is 57.9. The van der Waals surface area contributed by atoms with Gasteiger partial charge in [0.25, 0.3) is 0 Å². The number of phenols is 2. The Labute approximate surface area is 165 Å². The second-order valence-corrected chi connectivity index (χ2v) is 6.54. The van der Waals surface area contributed by atoms with Crippen molar-refractivity contribution in [2.75, 3.05) is 0 Å². The number of rotatable bonds is 5. The van der Waals surface area contributed by atoms with E-state index in [4.69, 9.17) is 14.6 Å². The molecule has 5 atom stereocenters. The predicted molar refractivity (Wildman–Crippen MR) is 100 cm³/mol. The number of benzene rings is 2. The van der Waals surface area contributed by atoms with Crippen LogP contribution in [0.2, 0.25) is 0 Å². The van der Waals surface area contributed by atoms with Crippen molar-refractivity contribution in [3.05, 3.63) is 53.6 Å². The number of carboxylic acid groups (broad SMARTS) is 1. The van der Waals surface area contributed by atoms with Crippen molar-refractivity contribution in [2.45, 2.75) is 30.7 Å². The summed E-state index contributed by atoms with van der Waals surface area (Å²) >= 11 is 0. The number of phenolic OH excluding ortho intramolecular Hbond substituents is 2. The second-order valence-electron chi connectivity index (χ2n) is 6.54. The van der Waals surface area contributed by atoms with E-state index >= 15 is 0 Å². The second kappa shape index (κ2) is 8.50. The molecule has 0 bridgehead atoms. The Morgan fingerprint density at radius 2 is 1.52 bits per heavy atom. The van der Waals surface area contributed by atoms with E-state index in [1.54, 1.807) is 24.3 Å². The van der Waals surface area contributed by atoms with E-state index in [0.29, 0.717) is 5.56 Å². The average Bonchev–Trinajstić information content (AvgIpc) is 2.67. The van der Waals surface area contributed by atoms with E-state index < -0.39 is 36.7 Å². The summed E-state index contributed by atoms with van der Waals surface area (Å²) in [6.07, 6.45) is -5.30. The Bertz CT molecular complexity index is 893. The van der Waals surface area contributed by atoms with Gasteiger partial charge >= 0.3 is 5.97 Å². The van der Waals surface area contributed by atoms with Crippen molar-refractivity contribution in [1.29, 1.82) is 0 Å². The molecule has 1 aliphatic heterocycles. The number of aromatic hydroxyl groups is 2. The van der Waals surface area contributed by atoms with Gasteiger partial charge in [-0.1, -0.05) is 24.3 Å². The van der Waals surface area contributed by atoms with Gasteiger partial charge in [0.05, 0.1) is 0 Å². The molecule has 3 rings (SSSR count). The van der Waals surface area contributed by atoms with E-state index in [9.17, 15) is 30.3 Å². The first kappa shape index (κ1) is 20.6. The molecule has 1 saturated heterocycles. The predicted octanol–water partition coefficient (Wildman–Crippen LogP) is 0.539. The fourth-order valence-electron chi connectivity index (χ4n) is 2.83. The van der Waals surface area contributed by atoms with Crippen molar-refractivity contribution in [1.82, 2.24) is 0 Å². The SMILES string of the molecule is O=C(O)[C@H]1O[C@@H](Oc2cc(O)cc(/C=C/c3ccc(O)cc3)c2)[C@H](O)[C@@H](O)[C@@H]1O. The maximum atomic E-state index is 11.2. The van der Waals surface area contributed by atoms with Crippen molar-refractivity contribution in [2.24, 2.45) is 0 Å². The van der Waals surface area contributed by atoms with E-state index in [2.05, 4.69) is 0 Å². The fraction of sp³-hybridized carbons (Fsp3) is 0.250. The van der Waals surface area contributed by atoms with Crippen molar-refractivity contribution in [3.63, 3.8) is 0 Å². The van der Waals surface area contributed by atoms with Crippen molar-refractivity contribution < 1.29 is 44.9 Å². The first-order chi connectivity index (χ1) is 13.7. The van der Waals surface area contributed by atoms with Gasteiger partial charge in [0.1, 0.15) is 35.6 Å². The molecule has 29 heavy (non-hydrogen) atoms. The highest BCUT2D eigenvalue weighted by molar-refractivity contribution is 5.73. The summed E-state index contributed by atoms with van der Waals surface area (Å²) < 4.78 is 10.5. The summed E-state index contributed by atoms with van der Waals surface area (Å²) in [7, 11) is 0. The van der Waals surface area contributed by atoms with Gasteiger partial charge in [0.2, 0.25) is 6.29 Å². The Morgan fingerprint density at radius 1 is 0.862 bits per heavy atom. The first-order valence-corrected chi connectivity index (χ1v) is 8.65. The van der Waals surface area contributed by atoms with Gasteiger partial charge in [0.15, 0.2) is 6.10 Å². The number of aliphatic hydroxyl groups is 3. The van der Waals surface area contributed by atoms with Crippen LogP contribution in [0.1, 0.15) is 11.1 Å². The highest BCUT2D eigenvalue weighted by atomic mass is 16.7. The Hall–Kier alpha value is -3.11. The monoisotopic (exact) mass is 404 g/mol. The largest absolute Gasteiger partial charge is 0.508 e. The molecule has 1 aliphatic rings. The van der Waals surface area contributed by atoms with Crippen molar-refractivity contribution in [3.8, 4) is 17.2 Å². The van der Waals surface area contributed by atoms with Gasteiger partial charge < -0.3 is 40.1 Å². The quantitative estimate of drug-likeness (QED) is 0.391. The van der Waals surface area contributed by atoms with Crippen LogP contribution < -0.4 is 4.74 Å². The smallest absolute Gasteiger partial charge is 0.335 e. The lowest BCUT2D eigenvalue weighted by atomic mass is 9.99. The number of carbonyl (C=O) groups is 1. The third-order valence-electron chi connectivity index (χ3n) is 4.34. The normalized spacial score (nSPS) is 27.1. The molecule has 0 spiro atoms. The number of aliphatic carboxylic acids is 1. The van der Waals surface area contributed by atoms with Crippen LogP contribution in [0.3, 0.4) is 0 Å². The fourth-order valence-corrected chi connectivity index (χ4v) is 2.83. The molecule has 0 aromatic heterocycles. The maximum Gasteiger partial charge on any atom is 0.335 e. The molecule has 0 unspecified atom stereocenters. The number of carboxylic acids is 1. The zero-order valence-corrected chi connectivity index (χ0v) is 15.0. The minimum Gasteiger partial charge on any atom is -0.508 e. The van der Waals surface area contributed by atoms with Gasteiger partial charge in [-0.05, 0) is 35.4 Å². The van der Waals surface area contributed by atoms with Crippen LogP contribution >= 0.6 is 0 Å². The molecule has 6 N–H and O–H groups in total. The summed E-state index contributed by atoms with van der Waals surface area (Å²) in [6, 6.07) is 10.6. The van der Waals surface area contributed by atoms with Crippen molar-refractivity contribution >= 4 is 18.1 Å². The number of hydrogen-bond donors (Lipinski definition) is 6. The Kier molecular flexibility index (Phi) is 6.04. The van der Waals surface area contributed by atoms with Crippen LogP contribution in [-0.4, -0.2) is 67.3 Å². The first-order valence-electron chi connectivity index (χ1n) is 8.65. The summed E-state index contributed by atoms with van der Waals surface area (Å²) in [5.74, 6) is -1.50. The van der Waals surface area contributed by atoms with E-state index in [1.165, 1.54) is 30.3 Å². The van der Waals surface area contributed by atoms with Gasteiger partial charge in [-0.25, -0.2) is 4.79 Å². The number of ether oxygens (including phenoxy) is 2. The molecule has 1 heterocycles. The number of aliphatic hydroxyl groups excluding tert-OH is 3. The molecule has 2 aromatic rings. The number of hydrogen-bond acceptors (Lipinski definition) is 8. The van der Waals surface area contributed by atoms with E-state index in [0.717, 1.165) is 5.56 Å². The highest BCUT2D eigenvalue weighted by Gasteiger charge is 2.48. The molecule has 2 aromatic carbocycles. The maximum absolute atomic E-state index is 11.2. The Balaban J connectivity index is 1.78. The van der Waals surface area contributed by atoms with Crippen LogP contribution in [0.25, 0.3) is 12.2 Å². The van der Waals surface area contributed by atoms with Crippen LogP contribution in [0, 0.1) is 0 Å². The lowest BCUT2D eigenvalue weighted by molar-refractivity contribution is -0.271. The third-order valence-corrected chi connectivity index (χ3v) is 4.34. The summed E-state index contributed by atoms with van der Waals surface area (Å²) in [6.45, 7) is 0. The van der Waals surface area contributed by atoms with Gasteiger partial charge in [-0.2, -0.15) is 0 Å². The lowest BCUT2D eigenvalue weighted by Gasteiger charge is -2.38. The third kappa shape index (κ3) is 4.84. The van der Waals surface area contributed by atoms with Gasteiger partial charge in [-0.15, -0.1) is 0 Å². The van der Waals surface area contributed by atoms with E-state index in [1.807, 2.05) is 0 Å². The van der Waals surface area contributed by atoms with Gasteiger partial charge in [0, 0.05) is 6.07 Å². The Morgan fingerprint density at radius 3 is 2.17 bits per heavy atom. The topological polar surface area (TPSA) is 157 Å². The zero-order chi connectivity index (χ0) is 21.1. The molecule has 0 radical (unpaired) electrons. The van der Waals surface area contributed by atoms with Crippen LogP contribution in [-0.2, 0) is 9.53 Å². The molecule has 0 saturated carbocycles. The summed E-state index contributed by atoms with van der Waals surface area (Å²) in [5.41, 5.74) is 1.31. The molecule has 0 amide bonds. The minimum atomic E-state index is -1.82. The zero-order valence-electron chi connectivity index (χ0n) is 15.0. The highest BCUT2D eigenvalue weighted by Crippen LogP contribution is 2.28. The van der Waals surface area contributed by atoms with Crippen LogP contribution in [0.4, 0.5) is 0 Å². The van der Waals surface area contributed by atoms with E-state index in [-0.39, 0.29) is 17.2 Å². The molecular weight excluding hydrogens is 384 g/mol. The molecule has 1 fully saturated rings. The average molecular weight is 404 g/mol. The lowest BCUT2D eigenvalue weighted by Crippen LogP contribution is -2.61. The molecule has 154 valence electrons. The molecule has 9 nitrogen and oxygen atoms in total. The molecule has 9 heteroatoms. The molecular formula is C20H20O9. The molecule has 0 aliphatic carbocycles.